The molecule has 2 heterocycles. The molecule has 1 aliphatic rings. The van der Waals surface area contributed by atoms with E-state index in [1.165, 1.54) is 0 Å². The van der Waals surface area contributed by atoms with Gasteiger partial charge in [0, 0.05) is 25.0 Å². The summed E-state index contributed by atoms with van der Waals surface area (Å²) in [4.78, 5) is 22.7. The molecule has 7 nitrogen and oxygen atoms in total. The zero-order valence-corrected chi connectivity index (χ0v) is 13.7. The Bertz CT molecular complexity index is 752. The van der Waals surface area contributed by atoms with Crippen molar-refractivity contribution in [3.05, 3.63) is 24.3 Å². The highest BCUT2D eigenvalue weighted by molar-refractivity contribution is 5.90. The minimum Gasteiger partial charge on any atom is -0.481 e. The molecule has 3 rings (SSSR count). The fourth-order valence-corrected chi connectivity index (χ4v) is 3.10. The van der Waals surface area contributed by atoms with E-state index in [9.17, 15) is 9.90 Å². The molecule has 24 heavy (non-hydrogen) atoms. The molecule has 0 bridgehead atoms. The van der Waals surface area contributed by atoms with Crippen LogP contribution < -0.4 is 10.2 Å². The van der Waals surface area contributed by atoms with Crippen LogP contribution in [0.1, 0.15) is 19.8 Å². The normalized spacial score (nSPS) is 21.0. The van der Waals surface area contributed by atoms with Crippen LogP contribution in [0.5, 0.6) is 0 Å². The molecule has 1 saturated heterocycles. The highest BCUT2D eigenvalue weighted by Gasteiger charge is 2.38. The molecular formula is C17H22N4O3. The van der Waals surface area contributed by atoms with E-state index >= 15 is 0 Å². The van der Waals surface area contributed by atoms with Gasteiger partial charge in [0.05, 0.1) is 17.5 Å². The zero-order valence-electron chi connectivity index (χ0n) is 13.7. The Morgan fingerprint density at radius 3 is 2.92 bits per heavy atom. The van der Waals surface area contributed by atoms with Crippen molar-refractivity contribution in [3.63, 3.8) is 0 Å². The Balaban J connectivity index is 1.98. The monoisotopic (exact) mass is 330 g/mol. The van der Waals surface area contributed by atoms with Gasteiger partial charge in [-0.15, -0.1) is 0 Å². The number of aromatic nitrogens is 2. The highest BCUT2D eigenvalue weighted by Crippen LogP contribution is 2.32. The number of fused-ring (bicyclic) bond motifs is 1. The summed E-state index contributed by atoms with van der Waals surface area (Å²) in [5.41, 5.74) is 0.0110. The molecule has 1 aromatic carbocycles. The lowest BCUT2D eigenvalue weighted by atomic mass is 9.82. The summed E-state index contributed by atoms with van der Waals surface area (Å²) < 4.78 is 0. The first-order valence-corrected chi connectivity index (χ1v) is 8.13. The minimum atomic E-state index is -0.786. The van der Waals surface area contributed by atoms with Crippen molar-refractivity contribution in [2.24, 2.45) is 5.41 Å². The lowest BCUT2D eigenvalue weighted by Crippen LogP contribution is -2.46. The number of aliphatic hydroxyl groups is 1. The summed E-state index contributed by atoms with van der Waals surface area (Å²) in [5, 5.41) is 22.6. The Kier molecular flexibility index (Phi) is 4.53. The lowest BCUT2D eigenvalue weighted by molar-refractivity contribution is -0.148. The van der Waals surface area contributed by atoms with Crippen LogP contribution in [0.3, 0.4) is 0 Å². The van der Waals surface area contributed by atoms with Crippen LogP contribution >= 0.6 is 0 Å². The van der Waals surface area contributed by atoms with Crippen LogP contribution in [0.25, 0.3) is 10.9 Å². The smallest absolute Gasteiger partial charge is 0.311 e. The summed E-state index contributed by atoms with van der Waals surface area (Å²) in [6.45, 7) is 3.30. The van der Waals surface area contributed by atoms with Crippen LogP contribution in [0.2, 0.25) is 0 Å². The number of hydrogen-bond acceptors (Lipinski definition) is 6. The number of para-hydroxylation sites is 1. The van der Waals surface area contributed by atoms with Crippen molar-refractivity contribution in [2.75, 3.05) is 36.5 Å². The maximum Gasteiger partial charge on any atom is 0.311 e. The number of anilines is 2. The molecular weight excluding hydrogens is 308 g/mol. The van der Waals surface area contributed by atoms with Gasteiger partial charge < -0.3 is 20.4 Å². The van der Waals surface area contributed by atoms with Gasteiger partial charge in [0.15, 0.2) is 0 Å². The second kappa shape index (κ2) is 6.60. The topological polar surface area (TPSA) is 98.6 Å². The molecule has 0 aliphatic carbocycles. The molecule has 0 amide bonds. The van der Waals surface area contributed by atoms with E-state index in [0.717, 1.165) is 23.9 Å². The molecule has 1 atom stereocenters. The number of aliphatic carboxylic acids is 1. The first-order valence-electron chi connectivity index (χ1n) is 8.13. The van der Waals surface area contributed by atoms with E-state index in [-0.39, 0.29) is 6.61 Å². The zero-order chi connectivity index (χ0) is 17.2. The fraction of sp³-hybridized carbons (Fsp3) is 0.471. The van der Waals surface area contributed by atoms with Crippen LogP contribution in [-0.4, -0.2) is 52.4 Å². The van der Waals surface area contributed by atoms with E-state index in [1.807, 2.05) is 29.2 Å². The number of carboxylic acid groups (broad SMARTS) is 1. The lowest BCUT2D eigenvalue weighted by Gasteiger charge is -2.37. The molecule has 2 aromatic rings. The number of nitrogens with one attached hydrogen (secondary N) is 1. The molecule has 1 fully saturated rings. The van der Waals surface area contributed by atoms with Gasteiger partial charge in [-0.1, -0.05) is 12.1 Å². The number of hydrogen-bond donors (Lipinski definition) is 3. The number of aliphatic hydroxyl groups excluding tert-OH is 1. The summed E-state index contributed by atoms with van der Waals surface area (Å²) >= 11 is 0. The second-order valence-corrected chi connectivity index (χ2v) is 6.43. The Morgan fingerprint density at radius 1 is 1.38 bits per heavy atom. The Labute approximate surface area is 140 Å². The standard InChI is InChI=1S/C17H22N4O3/c1-17(15(23)24)7-4-9-21(11-17)16-19-13-6-3-2-5-12(13)14(20-16)18-8-10-22/h2-3,5-6,22H,4,7-11H2,1H3,(H,23,24)(H,18,19,20). The third-order valence-electron chi connectivity index (χ3n) is 4.49. The van der Waals surface area contributed by atoms with E-state index in [1.54, 1.807) is 6.92 Å². The molecule has 0 radical (unpaired) electrons. The number of carbonyl (C=O) groups is 1. The number of nitrogens with zero attached hydrogens (tertiary/aromatic N) is 3. The molecule has 3 N–H and O–H groups in total. The van der Waals surface area contributed by atoms with Gasteiger partial charge >= 0.3 is 5.97 Å². The van der Waals surface area contributed by atoms with E-state index < -0.39 is 11.4 Å². The van der Waals surface area contributed by atoms with E-state index in [2.05, 4.69) is 15.3 Å². The SMILES string of the molecule is CC1(C(=O)O)CCCN(c2nc(NCCO)c3ccccc3n2)C1. The third-order valence-corrected chi connectivity index (χ3v) is 4.49. The number of rotatable bonds is 5. The van der Waals surface area contributed by atoms with Crippen LogP contribution in [0.4, 0.5) is 11.8 Å². The van der Waals surface area contributed by atoms with Crippen LogP contribution in [0, 0.1) is 5.41 Å². The molecule has 1 aliphatic heterocycles. The summed E-state index contributed by atoms with van der Waals surface area (Å²) in [6, 6.07) is 7.66. The number of piperidine rings is 1. The largest absolute Gasteiger partial charge is 0.481 e. The average Bonchev–Trinajstić information content (AvgIpc) is 2.59. The van der Waals surface area contributed by atoms with Crippen molar-refractivity contribution in [1.29, 1.82) is 0 Å². The Hall–Kier alpha value is -2.41. The fourth-order valence-electron chi connectivity index (χ4n) is 3.10. The predicted octanol–water partition coefficient (Wildman–Crippen LogP) is 1.73. The third kappa shape index (κ3) is 3.12. The van der Waals surface area contributed by atoms with Gasteiger partial charge in [0.1, 0.15) is 5.82 Å². The molecule has 1 unspecified atom stereocenters. The predicted molar refractivity (Wildman–Crippen MR) is 92.3 cm³/mol. The van der Waals surface area contributed by atoms with Crippen LogP contribution in [-0.2, 0) is 4.79 Å². The molecule has 0 saturated carbocycles. The molecule has 128 valence electrons. The van der Waals surface area contributed by atoms with Gasteiger partial charge in [-0.2, -0.15) is 4.98 Å². The molecule has 1 aromatic heterocycles. The van der Waals surface area contributed by atoms with Crippen molar-refractivity contribution < 1.29 is 15.0 Å². The van der Waals surface area contributed by atoms with Gasteiger partial charge in [-0.25, -0.2) is 4.98 Å². The van der Waals surface area contributed by atoms with Gasteiger partial charge in [0.2, 0.25) is 5.95 Å². The summed E-state index contributed by atoms with van der Waals surface area (Å²) in [7, 11) is 0. The highest BCUT2D eigenvalue weighted by atomic mass is 16.4. The van der Waals surface area contributed by atoms with Gasteiger partial charge in [0.25, 0.3) is 0 Å². The summed E-state index contributed by atoms with van der Waals surface area (Å²) in [6.07, 6.45) is 1.44. The van der Waals surface area contributed by atoms with Crippen molar-refractivity contribution >= 4 is 28.6 Å². The first-order chi connectivity index (χ1) is 11.5. The maximum absolute atomic E-state index is 11.6. The van der Waals surface area contributed by atoms with Gasteiger partial charge in [-0.05, 0) is 31.9 Å². The van der Waals surface area contributed by atoms with E-state index in [0.29, 0.717) is 31.3 Å². The first kappa shape index (κ1) is 16.4. The second-order valence-electron chi connectivity index (χ2n) is 6.43. The van der Waals surface area contributed by atoms with Crippen molar-refractivity contribution in [1.82, 2.24) is 9.97 Å². The quantitative estimate of drug-likeness (QED) is 0.768. The van der Waals surface area contributed by atoms with Crippen molar-refractivity contribution in [3.8, 4) is 0 Å². The van der Waals surface area contributed by atoms with Crippen LogP contribution in [0.15, 0.2) is 24.3 Å². The number of benzene rings is 1. The minimum absolute atomic E-state index is 0.00840. The molecule has 7 heteroatoms. The summed E-state index contributed by atoms with van der Waals surface area (Å²) in [5.74, 6) is 0.403. The molecule has 0 spiro atoms. The Morgan fingerprint density at radius 2 is 2.17 bits per heavy atom. The van der Waals surface area contributed by atoms with Crippen molar-refractivity contribution in [2.45, 2.75) is 19.8 Å². The van der Waals surface area contributed by atoms with E-state index in [4.69, 9.17) is 5.11 Å². The van der Waals surface area contributed by atoms with Gasteiger partial charge in [-0.3, -0.25) is 4.79 Å². The maximum atomic E-state index is 11.6. The average molecular weight is 330 g/mol. The number of carboxylic acids is 1.